The van der Waals surface area contributed by atoms with Crippen molar-refractivity contribution in [3.63, 3.8) is 0 Å². The van der Waals surface area contributed by atoms with Gasteiger partial charge in [-0.25, -0.2) is 4.79 Å². The SMILES string of the molecule is C=CC[C@@]12C[C@@H](CO[Si](c3ccccc3)(c3ccccc3)C(C)(C)C)[C@@H]3CCN(Cc4ccccc4)C(=O)[C@@]34CCN(C(=O)O1)[C@@H]24. The van der Waals surface area contributed by atoms with E-state index in [0.29, 0.717) is 45.5 Å². The Labute approximate surface area is 274 Å². The molecule has 3 aromatic rings. The molecule has 0 bridgehead atoms. The lowest BCUT2D eigenvalue weighted by atomic mass is 9.51. The Morgan fingerprint density at radius 1 is 0.935 bits per heavy atom. The smallest absolute Gasteiger partial charge is 0.410 e. The Kier molecular flexibility index (Phi) is 7.76. The first-order valence-electron chi connectivity index (χ1n) is 16.9. The average molecular weight is 635 g/mol. The number of amides is 2. The zero-order valence-corrected chi connectivity index (χ0v) is 28.4. The van der Waals surface area contributed by atoms with Gasteiger partial charge in [0.15, 0.2) is 0 Å². The summed E-state index contributed by atoms with van der Waals surface area (Å²) >= 11 is 0. The molecule has 0 N–H and O–H groups in total. The van der Waals surface area contributed by atoms with Gasteiger partial charge in [-0.1, -0.05) is 118 Å². The Balaban J connectivity index is 1.31. The molecule has 46 heavy (non-hydrogen) atoms. The molecule has 1 spiro atoms. The second-order valence-electron chi connectivity index (χ2n) is 14.9. The highest BCUT2D eigenvalue weighted by molar-refractivity contribution is 6.99. The highest BCUT2D eigenvalue weighted by Gasteiger charge is 2.75. The highest BCUT2D eigenvalue weighted by atomic mass is 28.4. The van der Waals surface area contributed by atoms with Crippen molar-refractivity contribution in [3.05, 3.63) is 109 Å². The maximum absolute atomic E-state index is 15.0. The van der Waals surface area contributed by atoms with E-state index in [9.17, 15) is 9.59 Å². The molecule has 3 aliphatic heterocycles. The van der Waals surface area contributed by atoms with Crippen molar-refractivity contribution in [2.45, 2.75) is 69.7 Å². The van der Waals surface area contributed by atoms with E-state index in [1.165, 1.54) is 10.4 Å². The van der Waals surface area contributed by atoms with Crippen LogP contribution < -0.4 is 10.4 Å². The summed E-state index contributed by atoms with van der Waals surface area (Å²) in [4.78, 5) is 32.4. The second-order valence-corrected chi connectivity index (χ2v) is 19.2. The molecule has 3 saturated heterocycles. The number of hydrogen-bond donors (Lipinski definition) is 0. The molecule has 1 saturated carbocycles. The summed E-state index contributed by atoms with van der Waals surface area (Å²) in [6, 6.07) is 31.4. The van der Waals surface area contributed by atoms with Gasteiger partial charge in [-0.3, -0.25) is 4.79 Å². The van der Waals surface area contributed by atoms with Gasteiger partial charge in [0.05, 0.1) is 11.5 Å². The molecular weight excluding hydrogens is 589 g/mol. The fourth-order valence-corrected chi connectivity index (χ4v) is 14.4. The van der Waals surface area contributed by atoms with Crippen molar-refractivity contribution >= 4 is 30.7 Å². The van der Waals surface area contributed by atoms with E-state index >= 15 is 0 Å². The van der Waals surface area contributed by atoms with E-state index in [0.717, 1.165) is 12.0 Å². The zero-order valence-electron chi connectivity index (χ0n) is 27.4. The van der Waals surface area contributed by atoms with Crippen LogP contribution in [-0.4, -0.2) is 61.5 Å². The van der Waals surface area contributed by atoms with Crippen molar-refractivity contribution in [1.82, 2.24) is 9.80 Å². The van der Waals surface area contributed by atoms with Gasteiger partial charge in [0.25, 0.3) is 8.32 Å². The van der Waals surface area contributed by atoms with Crippen molar-refractivity contribution in [2.75, 3.05) is 19.7 Å². The molecule has 7 rings (SSSR count). The van der Waals surface area contributed by atoms with Gasteiger partial charge >= 0.3 is 6.09 Å². The minimum Gasteiger partial charge on any atom is -0.440 e. The minimum atomic E-state index is -2.82. The molecule has 3 aromatic carbocycles. The molecule has 1 aliphatic carbocycles. The van der Waals surface area contributed by atoms with Crippen LogP contribution in [-0.2, 0) is 20.5 Å². The third kappa shape index (κ3) is 4.61. The number of benzene rings is 3. The maximum Gasteiger partial charge on any atom is 0.410 e. The Morgan fingerprint density at radius 3 is 2.13 bits per heavy atom. The van der Waals surface area contributed by atoms with Gasteiger partial charge in [-0.15, -0.1) is 6.58 Å². The number of nitrogens with zero attached hydrogens (tertiary/aromatic N) is 2. The number of likely N-dealkylation sites (tertiary alicyclic amines) is 1. The van der Waals surface area contributed by atoms with Gasteiger partial charge < -0.3 is 19.0 Å². The molecule has 6 nitrogen and oxygen atoms in total. The fraction of sp³-hybridized carbons (Fsp3) is 0.436. The van der Waals surface area contributed by atoms with E-state index in [2.05, 4.69) is 100 Å². The largest absolute Gasteiger partial charge is 0.440 e. The Bertz CT molecular complexity index is 1550. The molecule has 2 amide bonds. The molecule has 3 heterocycles. The Hall–Kier alpha value is -3.68. The lowest BCUT2D eigenvalue weighted by molar-refractivity contribution is -0.175. The number of carbonyl (C=O) groups excluding carboxylic acids is 2. The molecule has 0 radical (unpaired) electrons. The van der Waals surface area contributed by atoms with E-state index in [1.54, 1.807) is 0 Å². The summed E-state index contributed by atoms with van der Waals surface area (Å²) < 4.78 is 13.9. The summed E-state index contributed by atoms with van der Waals surface area (Å²) in [5, 5.41) is 2.32. The topological polar surface area (TPSA) is 59.1 Å². The van der Waals surface area contributed by atoms with Crippen LogP contribution in [0.3, 0.4) is 0 Å². The van der Waals surface area contributed by atoms with Gasteiger partial charge in [0.2, 0.25) is 5.91 Å². The highest BCUT2D eigenvalue weighted by Crippen LogP contribution is 2.64. The third-order valence-electron chi connectivity index (χ3n) is 11.5. The van der Waals surface area contributed by atoms with Crippen LogP contribution in [0.2, 0.25) is 5.04 Å². The standard InChI is InChI=1S/C39H46N2O4Si/c1-5-22-38-26-30(28-44-46(37(2,3)4,31-17-11-7-12-18-31)32-19-13-8-14-20-32)33-21-24-40(27-29-15-9-6-10-16-29)35(42)39(33)23-25-41(34(38)39)36(43)45-38/h5-20,30,33-34H,1,21-28H2,2-4H3/t30-,33-,34-,38-,39-/m0/s1. The van der Waals surface area contributed by atoms with Crippen LogP contribution >= 0.6 is 0 Å². The molecule has 4 fully saturated rings. The third-order valence-corrected chi connectivity index (χ3v) is 16.5. The normalized spacial score (nSPS) is 28.9. The molecule has 4 aliphatic rings. The van der Waals surface area contributed by atoms with Crippen LogP contribution in [0.1, 0.15) is 52.0 Å². The van der Waals surface area contributed by atoms with E-state index in [-0.39, 0.29) is 34.9 Å². The molecule has 240 valence electrons. The molecule has 5 atom stereocenters. The van der Waals surface area contributed by atoms with Gasteiger partial charge in [-0.05, 0) is 52.1 Å². The van der Waals surface area contributed by atoms with Crippen molar-refractivity contribution in [3.8, 4) is 0 Å². The van der Waals surface area contributed by atoms with E-state index in [1.807, 2.05) is 34.1 Å². The number of piperidine rings is 1. The van der Waals surface area contributed by atoms with Gasteiger partial charge in [0.1, 0.15) is 5.60 Å². The van der Waals surface area contributed by atoms with Crippen molar-refractivity contribution in [2.24, 2.45) is 17.3 Å². The monoisotopic (exact) mass is 634 g/mol. The molecule has 0 unspecified atom stereocenters. The number of carbonyl (C=O) groups is 2. The summed E-state index contributed by atoms with van der Waals surface area (Å²) in [6.45, 7) is 13.3. The Morgan fingerprint density at radius 2 is 1.54 bits per heavy atom. The predicted octanol–water partition coefficient (Wildman–Crippen LogP) is 6.16. The number of rotatable bonds is 9. The minimum absolute atomic E-state index is 0.0477. The zero-order chi connectivity index (χ0) is 32.2. The first kappa shape index (κ1) is 30.9. The summed E-state index contributed by atoms with van der Waals surface area (Å²) in [5.41, 5.74) is -0.379. The van der Waals surface area contributed by atoms with Crippen LogP contribution in [0, 0.1) is 17.3 Å². The van der Waals surface area contributed by atoms with Gasteiger partial charge in [0, 0.05) is 32.7 Å². The van der Waals surface area contributed by atoms with Crippen LogP contribution in [0.4, 0.5) is 4.79 Å². The quantitative estimate of drug-likeness (QED) is 0.209. The number of ether oxygens (including phenoxy) is 1. The number of hydrogen-bond acceptors (Lipinski definition) is 4. The van der Waals surface area contributed by atoms with E-state index < -0.39 is 19.3 Å². The molecular formula is C39H46N2O4Si. The van der Waals surface area contributed by atoms with Crippen LogP contribution in [0.5, 0.6) is 0 Å². The van der Waals surface area contributed by atoms with Crippen LogP contribution in [0.15, 0.2) is 104 Å². The summed E-state index contributed by atoms with van der Waals surface area (Å²) in [5.74, 6) is 0.307. The summed E-state index contributed by atoms with van der Waals surface area (Å²) in [6.07, 6.45) is 4.33. The molecule has 0 aromatic heterocycles. The van der Waals surface area contributed by atoms with Gasteiger partial charge in [-0.2, -0.15) is 0 Å². The first-order chi connectivity index (χ1) is 22.2. The maximum atomic E-state index is 15.0. The van der Waals surface area contributed by atoms with Crippen molar-refractivity contribution in [1.29, 1.82) is 0 Å². The fourth-order valence-electron chi connectivity index (χ4n) is 9.81. The second kappa shape index (κ2) is 11.5. The predicted molar refractivity (Wildman–Crippen MR) is 183 cm³/mol. The average Bonchev–Trinajstić information content (AvgIpc) is 3.59. The van der Waals surface area contributed by atoms with Crippen molar-refractivity contribution < 1.29 is 18.8 Å². The summed E-state index contributed by atoms with van der Waals surface area (Å²) in [7, 11) is -2.82. The first-order valence-corrected chi connectivity index (χ1v) is 18.8. The lowest BCUT2D eigenvalue weighted by Crippen LogP contribution is -2.70. The van der Waals surface area contributed by atoms with E-state index in [4.69, 9.17) is 9.16 Å². The lowest BCUT2D eigenvalue weighted by Gasteiger charge is -2.58. The molecule has 7 heteroatoms. The van der Waals surface area contributed by atoms with Crippen LogP contribution in [0.25, 0.3) is 0 Å².